The summed E-state index contributed by atoms with van der Waals surface area (Å²) in [5, 5.41) is 10.1. The van der Waals surface area contributed by atoms with E-state index in [9.17, 15) is 0 Å². The highest BCUT2D eigenvalue weighted by molar-refractivity contribution is 9.10. The van der Waals surface area contributed by atoms with Crippen LogP contribution in [-0.4, -0.2) is 17.2 Å². The van der Waals surface area contributed by atoms with Crippen molar-refractivity contribution in [3.05, 3.63) is 38.6 Å². The molecule has 0 radical (unpaired) electrons. The monoisotopic (exact) mass is 312 g/mol. The van der Waals surface area contributed by atoms with Crippen LogP contribution in [0.5, 0.6) is 0 Å². The van der Waals surface area contributed by atoms with Gasteiger partial charge in [0.2, 0.25) is 0 Å². The predicted octanol–water partition coefficient (Wildman–Crippen LogP) is 2.40. The number of nitrogens with two attached hydrogens (primary N) is 1. The van der Waals surface area contributed by atoms with Gasteiger partial charge in [-0.3, -0.25) is 0 Å². The Morgan fingerprint density at radius 3 is 3.00 bits per heavy atom. The molecule has 0 saturated heterocycles. The molecule has 6 heteroatoms. The van der Waals surface area contributed by atoms with Crippen LogP contribution in [0, 0.1) is 0 Å². The number of rotatable bonds is 4. The quantitative estimate of drug-likeness (QED) is 0.942. The summed E-state index contributed by atoms with van der Waals surface area (Å²) in [5.41, 5.74) is 6.70. The van der Waals surface area contributed by atoms with Gasteiger partial charge in [0.1, 0.15) is 0 Å². The normalized spacial score (nSPS) is 10.5. The average Bonchev–Trinajstić information content (AvgIpc) is 2.74. The average molecular weight is 313 g/mol. The number of nitrogens with zero attached hydrogens (tertiary/aromatic N) is 3. The molecule has 0 aliphatic rings. The second kappa shape index (κ2) is 5.57. The Morgan fingerprint density at radius 1 is 1.53 bits per heavy atom. The van der Waals surface area contributed by atoms with Crippen LogP contribution in [0.1, 0.15) is 10.4 Å². The maximum absolute atomic E-state index is 5.69. The van der Waals surface area contributed by atoms with Crippen LogP contribution in [0.25, 0.3) is 0 Å². The molecule has 0 unspecified atom stereocenters. The molecule has 90 valence electrons. The molecule has 2 heterocycles. The van der Waals surface area contributed by atoms with E-state index in [-0.39, 0.29) is 0 Å². The van der Waals surface area contributed by atoms with Crippen molar-refractivity contribution in [2.24, 2.45) is 5.73 Å². The molecule has 0 aromatic carbocycles. The van der Waals surface area contributed by atoms with Crippen molar-refractivity contribution in [3.8, 4) is 0 Å². The first kappa shape index (κ1) is 12.5. The van der Waals surface area contributed by atoms with Gasteiger partial charge in [-0.25, -0.2) is 0 Å². The fraction of sp³-hybridized carbons (Fsp3) is 0.273. The first-order valence-corrected chi connectivity index (χ1v) is 6.82. The number of halogens is 1. The molecule has 17 heavy (non-hydrogen) atoms. The highest BCUT2D eigenvalue weighted by Gasteiger charge is 2.09. The van der Waals surface area contributed by atoms with E-state index in [1.165, 1.54) is 4.88 Å². The summed E-state index contributed by atoms with van der Waals surface area (Å²) in [6, 6.07) is 4.02. The van der Waals surface area contributed by atoms with Crippen LogP contribution in [0.3, 0.4) is 0 Å². The topological polar surface area (TPSA) is 55.0 Å². The van der Waals surface area contributed by atoms with Crippen LogP contribution >= 0.6 is 27.3 Å². The molecular formula is C11H13BrN4S. The van der Waals surface area contributed by atoms with E-state index in [0.717, 1.165) is 22.4 Å². The highest BCUT2D eigenvalue weighted by atomic mass is 79.9. The fourth-order valence-electron chi connectivity index (χ4n) is 1.58. The molecule has 2 aromatic rings. The number of hydrogen-bond acceptors (Lipinski definition) is 5. The zero-order valence-corrected chi connectivity index (χ0v) is 11.8. The van der Waals surface area contributed by atoms with Crippen LogP contribution in [0.15, 0.2) is 28.2 Å². The predicted molar refractivity (Wildman–Crippen MR) is 74.0 cm³/mol. The molecule has 0 atom stereocenters. The summed E-state index contributed by atoms with van der Waals surface area (Å²) in [7, 11) is 2.00. The van der Waals surface area contributed by atoms with Gasteiger partial charge in [-0.05, 0) is 28.1 Å². The van der Waals surface area contributed by atoms with E-state index in [2.05, 4.69) is 42.5 Å². The van der Waals surface area contributed by atoms with E-state index < -0.39 is 0 Å². The summed E-state index contributed by atoms with van der Waals surface area (Å²) < 4.78 is 1.11. The highest BCUT2D eigenvalue weighted by Crippen LogP contribution is 2.23. The molecule has 2 N–H and O–H groups in total. The lowest BCUT2D eigenvalue weighted by molar-refractivity contribution is 0.851. The van der Waals surface area contributed by atoms with Crippen LogP contribution in [0.2, 0.25) is 0 Å². The van der Waals surface area contributed by atoms with Gasteiger partial charge in [0.25, 0.3) is 0 Å². The lowest BCUT2D eigenvalue weighted by atomic mass is 10.2. The number of thiophene rings is 1. The summed E-state index contributed by atoms with van der Waals surface area (Å²) >= 11 is 5.17. The molecule has 0 bridgehead atoms. The van der Waals surface area contributed by atoms with E-state index in [1.807, 2.05) is 13.1 Å². The Morgan fingerprint density at radius 2 is 2.35 bits per heavy atom. The lowest BCUT2D eigenvalue weighted by Gasteiger charge is -2.18. The number of anilines is 1. The van der Waals surface area contributed by atoms with Crippen molar-refractivity contribution in [3.63, 3.8) is 0 Å². The molecule has 4 nitrogen and oxygen atoms in total. The smallest absolute Gasteiger partial charge is 0.155 e. The van der Waals surface area contributed by atoms with Gasteiger partial charge in [0.05, 0.1) is 12.7 Å². The van der Waals surface area contributed by atoms with Crippen molar-refractivity contribution >= 4 is 33.1 Å². The zero-order chi connectivity index (χ0) is 12.3. The standard InChI is InChI=1S/C11H13BrN4S/c1-16(6-10-4-9(12)7-17-10)11-8(5-13)2-3-14-15-11/h2-4,7H,5-6,13H2,1H3. The van der Waals surface area contributed by atoms with E-state index in [0.29, 0.717) is 6.54 Å². The van der Waals surface area contributed by atoms with Gasteiger partial charge < -0.3 is 10.6 Å². The summed E-state index contributed by atoms with van der Waals surface area (Å²) in [5.74, 6) is 0.847. The third-order valence-electron chi connectivity index (χ3n) is 2.38. The minimum Gasteiger partial charge on any atom is -0.353 e. The molecule has 0 aliphatic heterocycles. The van der Waals surface area contributed by atoms with Crippen molar-refractivity contribution in [1.82, 2.24) is 10.2 Å². The van der Waals surface area contributed by atoms with Crippen molar-refractivity contribution in [1.29, 1.82) is 0 Å². The van der Waals surface area contributed by atoms with Crippen LogP contribution in [-0.2, 0) is 13.1 Å². The van der Waals surface area contributed by atoms with Crippen LogP contribution < -0.4 is 10.6 Å². The van der Waals surface area contributed by atoms with Crippen LogP contribution in [0.4, 0.5) is 5.82 Å². The molecule has 0 spiro atoms. The molecular weight excluding hydrogens is 300 g/mol. The van der Waals surface area contributed by atoms with Crippen molar-refractivity contribution < 1.29 is 0 Å². The minimum absolute atomic E-state index is 0.476. The maximum Gasteiger partial charge on any atom is 0.155 e. The Labute approximate surface area is 113 Å². The fourth-order valence-corrected chi connectivity index (χ4v) is 3.08. The van der Waals surface area contributed by atoms with Gasteiger partial charge in [0.15, 0.2) is 5.82 Å². The third kappa shape index (κ3) is 3.02. The Hall–Kier alpha value is -0.980. The molecule has 0 saturated carbocycles. The second-order valence-corrected chi connectivity index (χ2v) is 5.58. The van der Waals surface area contributed by atoms with E-state index >= 15 is 0 Å². The second-order valence-electron chi connectivity index (χ2n) is 3.67. The SMILES string of the molecule is CN(Cc1cc(Br)cs1)c1nnccc1CN. The third-order valence-corrected chi connectivity index (χ3v) is 4.06. The van der Waals surface area contributed by atoms with Gasteiger partial charge >= 0.3 is 0 Å². The Bertz CT molecular complexity index is 500. The zero-order valence-electron chi connectivity index (χ0n) is 9.43. The molecule has 0 fully saturated rings. The summed E-state index contributed by atoms with van der Waals surface area (Å²) in [6.07, 6.45) is 1.67. The van der Waals surface area contributed by atoms with Crippen molar-refractivity contribution in [2.45, 2.75) is 13.1 Å². The molecule has 0 amide bonds. The van der Waals surface area contributed by atoms with Gasteiger partial charge in [-0.1, -0.05) is 0 Å². The van der Waals surface area contributed by atoms with Gasteiger partial charge in [-0.2, -0.15) is 5.10 Å². The van der Waals surface area contributed by atoms with E-state index in [4.69, 9.17) is 5.73 Å². The van der Waals surface area contributed by atoms with Crippen molar-refractivity contribution in [2.75, 3.05) is 11.9 Å². The first-order valence-electron chi connectivity index (χ1n) is 5.15. The summed E-state index contributed by atoms with van der Waals surface area (Å²) in [4.78, 5) is 3.33. The van der Waals surface area contributed by atoms with Gasteiger partial charge in [-0.15, -0.1) is 16.4 Å². The summed E-state index contributed by atoms with van der Waals surface area (Å²) in [6.45, 7) is 1.28. The molecule has 2 rings (SSSR count). The molecule has 0 aliphatic carbocycles. The minimum atomic E-state index is 0.476. The number of aromatic nitrogens is 2. The van der Waals surface area contributed by atoms with Gasteiger partial charge in [0, 0.05) is 33.9 Å². The largest absolute Gasteiger partial charge is 0.353 e. The van der Waals surface area contributed by atoms with E-state index in [1.54, 1.807) is 17.5 Å². The maximum atomic E-state index is 5.69. The first-order chi connectivity index (χ1) is 8.20. The molecule has 2 aromatic heterocycles. The Kier molecular flexibility index (Phi) is 4.09. The number of hydrogen-bond donors (Lipinski definition) is 1. The lowest BCUT2D eigenvalue weighted by Crippen LogP contribution is -2.20. The Balaban J connectivity index is 2.16.